The van der Waals surface area contributed by atoms with Crippen LogP contribution in [0.3, 0.4) is 0 Å². The van der Waals surface area contributed by atoms with Gasteiger partial charge in [0, 0.05) is 0 Å². The first-order valence-electron chi connectivity index (χ1n) is 34.9. The molecule has 8 aromatic rings. The van der Waals surface area contributed by atoms with E-state index in [9.17, 15) is 14.4 Å². The van der Waals surface area contributed by atoms with Crippen LogP contribution in [0.15, 0.2) is 268 Å². The van der Waals surface area contributed by atoms with Crippen LogP contribution in [0.5, 0.6) is 0 Å². The predicted octanol–water partition coefficient (Wildman–Crippen LogP) is 14.5. The molecule has 12 unspecified atom stereocenters. The average Bonchev–Trinajstić information content (AvgIpc) is 1.51. The molecule has 11 rings (SSSR count). The highest BCUT2D eigenvalue weighted by molar-refractivity contribution is 6.99. The number of hydrogen-bond acceptors (Lipinski definition) is 16. The number of rotatable bonds is 34. The van der Waals surface area contributed by atoms with Crippen LogP contribution >= 0.6 is 0 Å². The summed E-state index contributed by atoms with van der Waals surface area (Å²) >= 11 is 0. The summed E-state index contributed by atoms with van der Waals surface area (Å²) in [6.07, 6.45) is -1.98. The number of allylic oxidation sites excluding steroid dienone is 2. The molecule has 0 aliphatic carbocycles. The van der Waals surface area contributed by atoms with Crippen LogP contribution < -0.4 is 10.4 Å². The standard InChI is InChI=1S/C44H48O10.C40H46O6Si/c1-3-5-18-27-47-43-40(54-42(46)34-25-16-9-17-26-34)38(49-29-32-21-12-7-13-22-32)36(52-43)30-50-44-39(53-41(45)33-23-14-8-15-24-33)37(35(4-2)51-44)48-28-31-19-10-6-11-20-31;1-5-6-19-28-42-39-37(46-38(41)32-22-13-8-14-23-32)36(43-29-31-20-11-7-12-21-31)35(45-39)30-44-47(40(2,3)4,33-24-15-9-16-25-33)34-26-17-10-18-27-34/h3,6-17,19-26,35-40,43-44H,1,4-5,18,27-30H2,2H3;5,7-18,20-27,35-37,39H,1,6,19,28-30H2,2-4H3. The Labute approximate surface area is 595 Å². The molecule has 3 heterocycles. The van der Waals surface area contributed by atoms with Crippen molar-refractivity contribution in [2.75, 3.05) is 26.4 Å². The number of unbranched alkanes of at least 4 members (excludes halogenated alkanes) is 2. The highest BCUT2D eigenvalue weighted by Gasteiger charge is 2.55. The smallest absolute Gasteiger partial charge is 0.338 e. The van der Waals surface area contributed by atoms with Gasteiger partial charge in [0.25, 0.3) is 8.32 Å². The molecule has 0 radical (unpaired) electrons. The minimum absolute atomic E-state index is 0.0583. The largest absolute Gasteiger partial charge is 0.450 e. The first-order valence-corrected chi connectivity index (χ1v) is 36.8. The second kappa shape index (κ2) is 38.5. The van der Waals surface area contributed by atoms with E-state index in [-0.39, 0.29) is 31.5 Å². The lowest BCUT2D eigenvalue weighted by Gasteiger charge is -2.43. The molecule has 0 N–H and O–H groups in total. The Morgan fingerprint density at radius 2 is 0.683 bits per heavy atom. The van der Waals surface area contributed by atoms with E-state index in [1.165, 1.54) is 10.4 Å². The van der Waals surface area contributed by atoms with E-state index in [0.717, 1.165) is 36.0 Å². The van der Waals surface area contributed by atoms with E-state index in [0.29, 0.717) is 49.4 Å². The molecule has 12 atom stereocenters. The topological polar surface area (TPSA) is 171 Å². The van der Waals surface area contributed by atoms with E-state index in [1.807, 2.05) is 153 Å². The molecule has 0 bridgehead atoms. The summed E-state index contributed by atoms with van der Waals surface area (Å²) in [4.78, 5) is 40.3. The van der Waals surface area contributed by atoms with E-state index >= 15 is 0 Å². The lowest BCUT2D eigenvalue weighted by atomic mass is 10.1. The summed E-state index contributed by atoms with van der Waals surface area (Å²) in [5.74, 6) is -1.51. The predicted molar refractivity (Wildman–Crippen MR) is 389 cm³/mol. The van der Waals surface area contributed by atoms with Gasteiger partial charge in [0.15, 0.2) is 37.2 Å². The first-order chi connectivity index (χ1) is 49.4. The van der Waals surface area contributed by atoms with Gasteiger partial charge in [-0.2, -0.15) is 0 Å². The van der Waals surface area contributed by atoms with Crippen LogP contribution in [0, 0.1) is 0 Å². The lowest BCUT2D eigenvalue weighted by molar-refractivity contribution is -0.205. The molecule has 0 aromatic heterocycles. The summed E-state index contributed by atoms with van der Waals surface area (Å²) in [6, 6.07) is 76.9. The number of esters is 3. The van der Waals surface area contributed by atoms with Crippen molar-refractivity contribution in [3.8, 4) is 0 Å². The fraction of sp³-hybridized carbons (Fsp3) is 0.345. The maximum absolute atomic E-state index is 13.4. The maximum Gasteiger partial charge on any atom is 0.338 e. The normalized spacial score (nSPS) is 22.5. The molecule has 8 aromatic carbocycles. The molecule has 3 saturated heterocycles. The molecule has 0 amide bonds. The van der Waals surface area contributed by atoms with Crippen LogP contribution in [0.25, 0.3) is 0 Å². The number of hydrogen-bond donors (Lipinski definition) is 0. The molecule has 0 spiro atoms. The van der Waals surface area contributed by atoms with Gasteiger partial charge in [-0.3, -0.25) is 0 Å². The van der Waals surface area contributed by atoms with Crippen molar-refractivity contribution in [1.82, 2.24) is 0 Å². The monoisotopic (exact) mass is 1390 g/mol. The van der Waals surface area contributed by atoms with Crippen molar-refractivity contribution >= 4 is 36.6 Å². The second-order valence-electron chi connectivity index (χ2n) is 25.9. The molecule has 0 saturated carbocycles. The molecular formula is C84H94O16Si. The molecule has 17 heteroatoms. The first kappa shape index (κ1) is 75.1. The number of carbonyl (C=O) groups is 3. The Morgan fingerprint density at radius 3 is 1.01 bits per heavy atom. The number of carbonyl (C=O) groups excluding carboxylic acids is 3. The average molecular weight is 1390 g/mol. The summed E-state index contributed by atoms with van der Waals surface area (Å²) in [6.45, 7) is 18.1. The lowest BCUT2D eigenvalue weighted by Crippen LogP contribution is -2.67. The zero-order chi connectivity index (χ0) is 70.7. The zero-order valence-corrected chi connectivity index (χ0v) is 59.1. The van der Waals surface area contributed by atoms with Crippen LogP contribution in [0.1, 0.15) is 108 Å². The molecule has 101 heavy (non-hydrogen) atoms. The minimum Gasteiger partial charge on any atom is -0.450 e. The molecule has 530 valence electrons. The third kappa shape index (κ3) is 20.6. The molecule has 3 fully saturated rings. The van der Waals surface area contributed by atoms with Crippen LogP contribution in [-0.2, 0) is 81.1 Å². The second-order valence-corrected chi connectivity index (χ2v) is 30.2. The fourth-order valence-corrected chi connectivity index (χ4v) is 17.2. The van der Waals surface area contributed by atoms with Gasteiger partial charge >= 0.3 is 17.9 Å². The van der Waals surface area contributed by atoms with Gasteiger partial charge in [0.2, 0.25) is 0 Å². The third-order valence-corrected chi connectivity index (χ3v) is 22.8. The minimum atomic E-state index is -2.89. The molecule has 16 nitrogen and oxygen atoms in total. The summed E-state index contributed by atoms with van der Waals surface area (Å²) in [5, 5.41) is 2.11. The Bertz CT molecular complexity index is 3700. The van der Waals surface area contributed by atoms with Crippen molar-refractivity contribution in [3.05, 3.63) is 301 Å². The van der Waals surface area contributed by atoms with Gasteiger partial charge < -0.3 is 61.3 Å². The van der Waals surface area contributed by atoms with Gasteiger partial charge in [-0.15, -0.1) is 13.2 Å². The van der Waals surface area contributed by atoms with Crippen LogP contribution in [0.2, 0.25) is 5.04 Å². The highest BCUT2D eigenvalue weighted by Crippen LogP contribution is 2.40. The molecule has 3 aliphatic heterocycles. The van der Waals surface area contributed by atoms with Crippen molar-refractivity contribution in [2.45, 2.75) is 158 Å². The molecular weight excluding hydrogens is 1290 g/mol. The Balaban J connectivity index is 0.000000220. The van der Waals surface area contributed by atoms with Gasteiger partial charge in [-0.1, -0.05) is 246 Å². The molecule has 3 aliphatic rings. The summed E-state index contributed by atoms with van der Waals surface area (Å²) in [5.41, 5.74) is 4.13. The maximum atomic E-state index is 13.4. The fourth-order valence-electron chi connectivity index (χ4n) is 12.7. The van der Waals surface area contributed by atoms with Crippen LogP contribution in [0.4, 0.5) is 0 Å². The van der Waals surface area contributed by atoms with Gasteiger partial charge in [0.1, 0.15) is 30.5 Å². The van der Waals surface area contributed by atoms with Gasteiger partial charge in [-0.05, 0) is 101 Å². The summed E-state index contributed by atoms with van der Waals surface area (Å²) in [7, 11) is -2.89. The van der Waals surface area contributed by atoms with E-state index < -0.39 is 100 Å². The summed E-state index contributed by atoms with van der Waals surface area (Å²) < 4.78 is 83.6. The van der Waals surface area contributed by atoms with E-state index in [4.69, 9.17) is 61.3 Å². The Morgan fingerprint density at radius 1 is 0.386 bits per heavy atom. The van der Waals surface area contributed by atoms with E-state index in [1.54, 1.807) is 60.7 Å². The van der Waals surface area contributed by atoms with Crippen molar-refractivity contribution in [3.63, 3.8) is 0 Å². The third-order valence-electron chi connectivity index (χ3n) is 17.8. The van der Waals surface area contributed by atoms with Crippen molar-refractivity contribution in [2.24, 2.45) is 0 Å². The van der Waals surface area contributed by atoms with E-state index in [2.05, 4.69) is 82.5 Å². The quantitative estimate of drug-likeness (QED) is 0.0122. The van der Waals surface area contributed by atoms with Gasteiger partial charge in [-0.25, -0.2) is 14.4 Å². The Hall–Kier alpha value is -8.53. The Kier molecular flexibility index (Phi) is 28.6. The van der Waals surface area contributed by atoms with Crippen molar-refractivity contribution < 1.29 is 75.7 Å². The highest BCUT2D eigenvalue weighted by atomic mass is 28.4. The SMILES string of the molecule is C=CCCCOC1OC(COC2OC(CC)C(OCc3ccccc3)C2OC(=O)c2ccccc2)C(OCc2ccccc2)C1OC(=O)c1ccccc1.C=CCCCOC1OC(CO[Si](c2ccccc2)(c2ccccc2)C(C)(C)C)C(OCc2ccccc2)C1OC(=O)c1ccccc1. The zero-order valence-electron chi connectivity index (χ0n) is 58.1. The van der Waals surface area contributed by atoms with Crippen LogP contribution in [-0.4, -0.2) is 126 Å². The number of ether oxygens (including phenoxy) is 12. The van der Waals surface area contributed by atoms with Crippen molar-refractivity contribution in [1.29, 1.82) is 0 Å². The van der Waals surface area contributed by atoms with Gasteiger partial charge in [0.05, 0.1) is 69.0 Å². The number of benzene rings is 8.